The van der Waals surface area contributed by atoms with Gasteiger partial charge >= 0.3 is 0 Å². The number of hydrogen-bond acceptors (Lipinski definition) is 3. The van der Waals surface area contributed by atoms with Gasteiger partial charge in [0.1, 0.15) is 0 Å². The molecule has 0 rings (SSSR count). The maximum absolute atomic E-state index is 11.4. The summed E-state index contributed by atoms with van der Waals surface area (Å²) in [5.41, 5.74) is 5.27. The van der Waals surface area contributed by atoms with Gasteiger partial charge in [0, 0.05) is 20.2 Å². The summed E-state index contributed by atoms with van der Waals surface area (Å²) in [7, 11) is 1.60. The number of carbonyl (C=O) groups excluding carboxylic acids is 1. The first-order valence-corrected chi connectivity index (χ1v) is 4.57. The van der Waals surface area contributed by atoms with Crippen LogP contribution in [0.25, 0.3) is 0 Å². The Labute approximate surface area is 84.0 Å². The van der Waals surface area contributed by atoms with Crippen molar-refractivity contribution in [2.75, 3.05) is 26.8 Å². The van der Waals surface area contributed by atoms with Crippen molar-refractivity contribution in [3.63, 3.8) is 0 Å². The topological polar surface area (TPSA) is 55.6 Å². The first-order valence-electron chi connectivity index (χ1n) is 4.16. The Balaban J connectivity index is 3.91. The lowest BCUT2D eigenvalue weighted by Crippen LogP contribution is -2.35. The number of rotatable bonds is 6. The molecule has 0 aromatic heterocycles. The highest BCUT2D eigenvalue weighted by molar-refractivity contribution is 7.80. The number of carbonyl (C=O) groups is 1. The third kappa shape index (κ3) is 5.54. The zero-order valence-corrected chi connectivity index (χ0v) is 8.89. The number of methoxy groups -OCH3 is 1. The standard InChI is InChI=1S/C8H16N2O2S/c1-3-10(4-5-12-2)8(11)6-7(9)13/h3-6H2,1-2H3,(H2,9,13). The van der Waals surface area contributed by atoms with Crippen molar-refractivity contribution in [2.24, 2.45) is 5.73 Å². The van der Waals surface area contributed by atoms with E-state index >= 15 is 0 Å². The van der Waals surface area contributed by atoms with Gasteiger partial charge in [-0.05, 0) is 6.92 Å². The number of hydrogen-bond donors (Lipinski definition) is 1. The van der Waals surface area contributed by atoms with Crippen LogP contribution in [0.3, 0.4) is 0 Å². The largest absolute Gasteiger partial charge is 0.393 e. The predicted molar refractivity (Wildman–Crippen MR) is 55.5 cm³/mol. The van der Waals surface area contributed by atoms with Crippen LogP contribution in [-0.4, -0.2) is 42.6 Å². The molecule has 5 heteroatoms. The van der Waals surface area contributed by atoms with Gasteiger partial charge in [-0.1, -0.05) is 12.2 Å². The van der Waals surface area contributed by atoms with Crippen molar-refractivity contribution >= 4 is 23.1 Å². The molecule has 0 unspecified atom stereocenters. The molecule has 1 amide bonds. The monoisotopic (exact) mass is 204 g/mol. The van der Waals surface area contributed by atoms with Crippen molar-refractivity contribution in [1.82, 2.24) is 4.90 Å². The highest BCUT2D eigenvalue weighted by atomic mass is 32.1. The van der Waals surface area contributed by atoms with Crippen molar-refractivity contribution < 1.29 is 9.53 Å². The second kappa shape index (κ2) is 6.80. The van der Waals surface area contributed by atoms with Crippen molar-refractivity contribution in [1.29, 1.82) is 0 Å². The van der Waals surface area contributed by atoms with Crippen LogP contribution in [0.5, 0.6) is 0 Å². The van der Waals surface area contributed by atoms with E-state index in [0.29, 0.717) is 19.7 Å². The van der Waals surface area contributed by atoms with E-state index in [1.54, 1.807) is 12.0 Å². The number of likely N-dealkylation sites (N-methyl/N-ethyl adjacent to an activating group) is 1. The number of amides is 1. The van der Waals surface area contributed by atoms with Crippen LogP contribution in [0.2, 0.25) is 0 Å². The lowest BCUT2D eigenvalue weighted by molar-refractivity contribution is -0.130. The zero-order valence-electron chi connectivity index (χ0n) is 8.08. The van der Waals surface area contributed by atoms with Crippen LogP contribution < -0.4 is 5.73 Å². The van der Waals surface area contributed by atoms with Crippen molar-refractivity contribution in [3.8, 4) is 0 Å². The summed E-state index contributed by atoms with van der Waals surface area (Å²) in [4.78, 5) is 13.3. The van der Waals surface area contributed by atoms with E-state index in [1.807, 2.05) is 6.92 Å². The van der Waals surface area contributed by atoms with E-state index in [1.165, 1.54) is 0 Å². The van der Waals surface area contributed by atoms with Gasteiger partial charge in [-0.15, -0.1) is 0 Å². The lowest BCUT2D eigenvalue weighted by Gasteiger charge is -2.19. The van der Waals surface area contributed by atoms with E-state index < -0.39 is 0 Å². The highest BCUT2D eigenvalue weighted by Gasteiger charge is 2.11. The van der Waals surface area contributed by atoms with Gasteiger partial charge in [0.25, 0.3) is 0 Å². The third-order valence-electron chi connectivity index (χ3n) is 1.63. The lowest BCUT2D eigenvalue weighted by atomic mass is 10.3. The summed E-state index contributed by atoms with van der Waals surface area (Å²) >= 11 is 4.65. The molecule has 0 bridgehead atoms. The van der Waals surface area contributed by atoms with Gasteiger partial charge in [-0.3, -0.25) is 4.79 Å². The first-order chi connectivity index (χ1) is 6.11. The van der Waals surface area contributed by atoms with E-state index in [-0.39, 0.29) is 17.3 Å². The number of thiocarbonyl (C=S) groups is 1. The Morgan fingerprint density at radius 3 is 2.62 bits per heavy atom. The maximum Gasteiger partial charge on any atom is 0.229 e. The fraction of sp³-hybridized carbons (Fsp3) is 0.750. The number of nitrogens with two attached hydrogens (primary N) is 1. The Morgan fingerprint density at radius 1 is 1.62 bits per heavy atom. The molecule has 0 fully saturated rings. The molecule has 0 spiro atoms. The minimum Gasteiger partial charge on any atom is -0.393 e. The molecule has 0 saturated carbocycles. The molecule has 0 heterocycles. The smallest absolute Gasteiger partial charge is 0.229 e. The summed E-state index contributed by atoms with van der Waals surface area (Å²) in [6.45, 7) is 3.70. The third-order valence-corrected chi connectivity index (χ3v) is 1.77. The van der Waals surface area contributed by atoms with Gasteiger partial charge in [0.15, 0.2) is 0 Å². The summed E-state index contributed by atoms with van der Waals surface area (Å²) < 4.78 is 4.87. The number of nitrogens with zero attached hydrogens (tertiary/aromatic N) is 1. The number of ether oxygens (including phenoxy) is 1. The van der Waals surface area contributed by atoms with Crippen LogP contribution in [-0.2, 0) is 9.53 Å². The second-order valence-corrected chi connectivity index (χ2v) is 3.13. The summed E-state index contributed by atoms with van der Waals surface area (Å²) in [5.74, 6) is -0.0351. The summed E-state index contributed by atoms with van der Waals surface area (Å²) in [6.07, 6.45) is 0.146. The van der Waals surface area contributed by atoms with Crippen LogP contribution in [0.4, 0.5) is 0 Å². The van der Waals surface area contributed by atoms with E-state index in [2.05, 4.69) is 12.2 Å². The van der Waals surface area contributed by atoms with Gasteiger partial charge < -0.3 is 15.4 Å². The Hall–Kier alpha value is -0.680. The Kier molecular flexibility index (Phi) is 6.44. The minimum absolute atomic E-state index is 0.0351. The molecule has 13 heavy (non-hydrogen) atoms. The average molecular weight is 204 g/mol. The van der Waals surface area contributed by atoms with Crippen LogP contribution in [0.1, 0.15) is 13.3 Å². The molecule has 0 aromatic carbocycles. The Bertz CT molecular complexity index is 185. The first kappa shape index (κ1) is 12.3. The fourth-order valence-electron chi connectivity index (χ4n) is 0.921. The zero-order chi connectivity index (χ0) is 10.3. The van der Waals surface area contributed by atoms with E-state index in [4.69, 9.17) is 10.5 Å². The maximum atomic E-state index is 11.4. The molecule has 0 radical (unpaired) electrons. The molecule has 76 valence electrons. The summed E-state index contributed by atoms with van der Waals surface area (Å²) in [6, 6.07) is 0. The highest BCUT2D eigenvalue weighted by Crippen LogP contribution is 1.94. The minimum atomic E-state index is -0.0351. The van der Waals surface area contributed by atoms with Crippen LogP contribution >= 0.6 is 12.2 Å². The van der Waals surface area contributed by atoms with Gasteiger partial charge in [-0.2, -0.15) is 0 Å². The molecule has 0 atom stereocenters. The molecule has 0 aliphatic rings. The van der Waals surface area contributed by atoms with Gasteiger partial charge in [0.05, 0.1) is 18.0 Å². The molecular weight excluding hydrogens is 188 g/mol. The fourth-order valence-corrected chi connectivity index (χ4v) is 1.04. The molecule has 0 aliphatic carbocycles. The molecule has 0 aromatic rings. The van der Waals surface area contributed by atoms with E-state index in [0.717, 1.165) is 0 Å². The Morgan fingerprint density at radius 2 is 2.23 bits per heavy atom. The normalized spacial score (nSPS) is 9.69. The predicted octanol–water partition coefficient (Wildman–Crippen LogP) is 0.158. The van der Waals surface area contributed by atoms with Gasteiger partial charge in [0.2, 0.25) is 5.91 Å². The van der Waals surface area contributed by atoms with Crippen LogP contribution in [0.15, 0.2) is 0 Å². The SMILES string of the molecule is CCN(CCOC)C(=O)CC(N)=S. The molecular formula is C8H16N2O2S. The van der Waals surface area contributed by atoms with Crippen molar-refractivity contribution in [3.05, 3.63) is 0 Å². The molecule has 4 nitrogen and oxygen atoms in total. The van der Waals surface area contributed by atoms with E-state index in [9.17, 15) is 4.79 Å². The molecule has 2 N–H and O–H groups in total. The second-order valence-electron chi connectivity index (χ2n) is 2.61. The quantitative estimate of drug-likeness (QED) is 0.626. The van der Waals surface area contributed by atoms with Crippen LogP contribution in [0, 0.1) is 0 Å². The van der Waals surface area contributed by atoms with Crippen molar-refractivity contribution in [2.45, 2.75) is 13.3 Å². The molecule has 0 aliphatic heterocycles. The van der Waals surface area contributed by atoms with Gasteiger partial charge in [-0.25, -0.2) is 0 Å². The average Bonchev–Trinajstić information content (AvgIpc) is 2.04. The molecule has 0 saturated heterocycles. The summed E-state index contributed by atoms with van der Waals surface area (Å²) in [5, 5.41) is 0.